The van der Waals surface area contributed by atoms with Crippen LogP contribution in [-0.4, -0.2) is 28.2 Å². The van der Waals surface area contributed by atoms with Crippen LogP contribution in [0.3, 0.4) is 0 Å². The van der Waals surface area contributed by atoms with Gasteiger partial charge < -0.3 is 10.1 Å². The summed E-state index contributed by atoms with van der Waals surface area (Å²) in [4.78, 5) is 28.8. The summed E-state index contributed by atoms with van der Waals surface area (Å²) in [5.41, 5.74) is 2.84. The van der Waals surface area contributed by atoms with Crippen molar-refractivity contribution in [1.82, 2.24) is 9.38 Å². The first kappa shape index (κ1) is 18.0. The van der Waals surface area contributed by atoms with Crippen molar-refractivity contribution in [3.63, 3.8) is 0 Å². The quantitative estimate of drug-likeness (QED) is 0.723. The summed E-state index contributed by atoms with van der Waals surface area (Å²) in [6.45, 7) is 1.95. The van der Waals surface area contributed by atoms with Gasteiger partial charge >= 0.3 is 0 Å². The number of para-hydroxylation sites is 2. The Morgan fingerprint density at radius 1 is 1.27 bits per heavy atom. The van der Waals surface area contributed by atoms with Crippen molar-refractivity contribution in [3.05, 3.63) is 70.3 Å². The first-order valence-corrected chi connectivity index (χ1v) is 9.22. The zero-order valence-corrected chi connectivity index (χ0v) is 15.4. The van der Waals surface area contributed by atoms with Crippen molar-refractivity contribution in [3.8, 4) is 5.75 Å². The van der Waals surface area contributed by atoms with Gasteiger partial charge in [-0.25, -0.2) is 4.98 Å². The molecule has 1 N–H and O–H groups in total. The molecule has 1 amide bonds. The number of carbonyl (C=O) groups excluding carboxylic acids is 1. The number of nitrogens with zero attached hydrogens (tertiary/aromatic N) is 2. The van der Waals surface area contributed by atoms with Gasteiger partial charge in [0.25, 0.3) is 5.56 Å². The maximum absolute atomic E-state index is 12.1. The van der Waals surface area contributed by atoms with Crippen LogP contribution in [0.5, 0.6) is 5.75 Å². The number of amides is 1. The molecular weight excluding hydrogens is 350 g/mol. The summed E-state index contributed by atoms with van der Waals surface area (Å²) < 4.78 is 6.72. The summed E-state index contributed by atoms with van der Waals surface area (Å²) in [7, 11) is 1.56. The molecule has 0 radical (unpaired) electrons. The fourth-order valence-electron chi connectivity index (χ4n) is 2.51. The number of aryl methyl sites for hydroxylation is 1. The normalized spacial score (nSPS) is 10.7. The van der Waals surface area contributed by atoms with Crippen LogP contribution in [0.1, 0.15) is 11.3 Å². The SMILES string of the molecule is COc1ccccc1NC(=O)CSCc1cc(=O)n2ccc(C)cc2n1. The van der Waals surface area contributed by atoms with Crippen LogP contribution < -0.4 is 15.6 Å². The summed E-state index contributed by atoms with van der Waals surface area (Å²) in [6, 6.07) is 12.5. The smallest absolute Gasteiger partial charge is 0.258 e. The van der Waals surface area contributed by atoms with E-state index in [1.165, 1.54) is 22.2 Å². The lowest BCUT2D eigenvalue weighted by Crippen LogP contribution is -2.16. The monoisotopic (exact) mass is 369 g/mol. The highest BCUT2D eigenvalue weighted by Gasteiger charge is 2.08. The Morgan fingerprint density at radius 3 is 2.88 bits per heavy atom. The summed E-state index contributed by atoms with van der Waals surface area (Å²) in [5.74, 6) is 1.23. The lowest BCUT2D eigenvalue weighted by molar-refractivity contribution is -0.113. The zero-order chi connectivity index (χ0) is 18.5. The summed E-state index contributed by atoms with van der Waals surface area (Å²) in [5, 5.41) is 2.83. The minimum atomic E-state index is -0.132. The second kappa shape index (κ2) is 8.05. The number of thioether (sulfide) groups is 1. The highest BCUT2D eigenvalue weighted by Crippen LogP contribution is 2.23. The number of anilines is 1. The molecule has 3 rings (SSSR count). The molecule has 0 aliphatic rings. The first-order chi connectivity index (χ1) is 12.6. The van der Waals surface area contributed by atoms with Gasteiger partial charge in [0.05, 0.1) is 24.2 Å². The number of methoxy groups -OCH3 is 1. The van der Waals surface area contributed by atoms with Crippen LogP contribution in [0.4, 0.5) is 5.69 Å². The third-order valence-electron chi connectivity index (χ3n) is 3.74. The number of aromatic nitrogens is 2. The molecule has 134 valence electrons. The minimum absolute atomic E-state index is 0.121. The molecule has 2 heterocycles. The van der Waals surface area contributed by atoms with Crippen LogP contribution in [0.15, 0.2) is 53.5 Å². The van der Waals surface area contributed by atoms with Gasteiger partial charge in [0.1, 0.15) is 11.4 Å². The molecule has 0 spiro atoms. The van der Waals surface area contributed by atoms with E-state index in [0.717, 1.165) is 5.56 Å². The van der Waals surface area contributed by atoms with Gasteiger partial charge in [-0.05, 0) is 36.8 Å². The highest BCUT2D eigenvalue weighted by molar-refractivity contribution is 7.99. The maximum atomic E-state index is 12.1. The molecule has 0 unspecified atom stereocenters. The average Bonchev–Trinajstić information content (AvgIpc) is 2.61. The lowest BCUT2D eigenvalue weighted by Gasteiger charge is -2.09. The topological polar surface area (TPSA) is 72.7 Å². The molecule has 0 aliphatic heterocycles. The number of carbonyl (C=O) groups is 1. The van der Waals surface area contributed by atoms with E-state index in [9.17, 15) is 9.59 Å². The Bertz CT molecular complexity index is 1000. The Morgan fingerprint density at radius 2 is 2.08 bits per heavy atom. The molecule has 0 saturated heterocycles. The van der Waals surface area contributed by atoms with E-state index in [4.69, 9.17) is 4.74 Å². The number of nitrogens with one attached hydrogen (secondary N) is 1. The van der Waals surface area contributed by atoms with Gasteiger partial charge in [-0.3, -0.25) is 14.0 Å². The number of ether oxygens (including phenoxy) is 1. The van der Waals surface area contributed by atoms with Gasteiger partial charge in [-0.2, -0.15) is 0 Å². The van der Waals surface area contributed by atoms with Crippen molar-refractivity contribution in [2.24, 2.45) is 0 Å². The number of benzene rings is 1. The number of fused-ring (bicyclic) bond motifs is 1. The fraction of sp³-hybridized carbons (Fsp3) is 0.211. The summed E-state index contributed by atoms with van der Waals surface area (Å²) in [6.07, 6.45) is 1.72. The third kappa shape index (κ3) is 4.23. The second-order valence-electron chi connectivity index (χ2n) is 5.76. The van der Waals surface area contributed by atoms with E-state index in [1.807, 2.05) is 31.2 Å². The van der Waals surface area contributed by atoms with E-state index < -0.39 is 0 Å². The van der Waals surface area contributed by atoms with Gasteiger partial charge in [0.15, 0.2) is 0 Å². The number of hydrogen-bond donors (Lipinski definition) is 1. The molecule has 6 nitrogen and oxygen atoms in total. The second-order valence-corrected chi connectivity index (χ2v) is 6.74. The molecule has 0 atom stereocenters. The minimum Gasteiger partial charge on any atom is -0.495 e. The fourth-order valence-corrected chi connectivity index (χ4v) is 3.23. The van der Waals surface area contributed by atoms with E-state index in [-0.39, 0.29) is 17.2 Å². The molecule has 0 aliphatic carbocycles. The molecule has 26 heavy (non-hydrogen) atoms. The van der Waals surface area contributed by atoms with Crippen molar-refractivity contribution in [1.29, 1.82) is 0 Å². The van der Waals surface area contributed by atoms with Gasteiger partial charge in [-0.15, -0.1) is 11.8 Å². The first-order valence-electron chi connectivity index (χ1n) is 8.06. The molecule has 1 aromatic carbocycles. The van der Waals surface area contributed by atoms with Crippen LogP contribution in [-0.2, 0) is 10.5 Å². The van der Waals surface area contributed by atoms with E-state index in [0.29, 0.717) is 28.5 Å². The predicted molar refractivity (Wildman–Crippen MR) is 104 cm³/mol. The predicted octanol–water partition coefficient (Wildman–Crippen LogP) is 2.88. The Labute approximate surface area is 155 Å². The zero-order valence-electron chi connectivity index (χ0n) is 14.6. The Hall–Kier alpha value is -2.80. The summed E-state index contributed by atoms with van der Waals surface area (Å²) >= 11 is 1.41. The van der Waals surface area contributed by atoms with Crippen molar-refractivity contribution >= 4 is 29.0 Å². The molecular formula is C19H19N3O3S. The van der Waals surface area contributed by atoms with Crippen LogP contribution in [0.2, 0.25) is 0 Å². The largest absolute Gasteiger partial charge is 0.495 e. The van der Waals surface area contributed by atoms with Crippen molar-refractivity contribution in [2.45, 2.75) is 12.7 Å². The number of hydrogen-bond acceptors (Lipinski definition) is 5. The van der Waals surface area contributed by atoms with Crippen LogP contribution in [0, 0.1) is 6.92 Å². The van der Waals surface area contributed by atoms with Gasteiger partial charge in [0.2, 0.25) is 5.91 Å². The van der Waals surface area contributed by atoms with E-state index in [1.54, 1.807) is 25.4 Å². The van der Waals surface area contributed by atoms with E-state index >= 15 is 0 Å². The Kier molecular flexibility index (Phi) is 5.58. The molecule has 7 heteroatoms. The number of rotatable bonds is 6. The standard InChI is InChI=1S/C19H19N3O3S/c1-13-7-8-22-17(9-13)20-14(10-19(22)24)11-26-12-18(23)21-15-5-3-4-6-16(15)25-2/h3-10H,11-12H2,1-2H3,(H,21,23). The van der Waals surface area contributed by atoms with Gasteiger partial charge in [0, 0.05) is 18.0 Å². The average molecular weight is 369 g/mol. The van der Waals surface area contributed by atoms with Crippen molar-refractivity contribution in [2.75, 3.05) is 18.2 Å². The lowest BCUT2D eigenvalue weighted by atomic mass is 10.3. The Balaban J connectivity index is 1.62. The van der Waals surface area contributed by atoms with Crippen LogP contribution in [0.25, 0.3) is 5.65 Å². The van der Waals surface area contributed by atoms with E-state index in [2.05, 4.69) is 10.3 Å². The maximum Gasteiger partial charge on any atom is 0.258 e. The van der Waals surface area contributed by atoms with Crippen LogP contribution >= 0.6 is 11.8 Å². The third-order valence-corrected chi connectivity index (χ3v) is 4.71. The molecule has 2 aromatic heterocycles. The highest BCUT2D eigenvalue weighted by atomic mass is 32.2. The number of pyridine rings is 1. The molecule has 0 bridgehead atoms. The molecule has 3 aromatic rings. The molecule has 0 fully saturated rings. The van der Waals surface area contributed by atoms with Gasteiger partial charge in [-0.1, -0.05) is 12.1 Å². The molecule has 0 saturated carbocycles. The van der Waals surface area contributed by atoms with Crippen molar-refractivity contribution < 1.29 is 9.53 Å².